The summed E-state index contributed by atoms with van der Waals surface area (Å²) in [6.45, 7) is 1.22. The number of nitrogens with one attached hydrogen (secondary N) is 1. The molecular weight excluding hydrogens is 396 g/mol. The number of nitrogens with zero attached hydrogens (tertiary/aromatic N) is 1. The minimum absolute atomic E-state index is 0.000198. The summed E-state index contributed by atoms with van der Waals surface area (Å²) in [6.07, 6.45) is 2.41. The fraction of sp³-hybridized carbons (Fsp3) is 0.160. The van der Waals surface area contributed by atoms with E-state index in [1.54, 1.807) is 7.11 Å². The minimum atomic E-state index is 0.000198. The molecule has 1 aromatic heterocycles. The van der Waals surface area contributed by atoms with E-state index in [0.717, 1.165) is 44.9 Å². The standard InChI is InChI=1S/C25H23ClN2O2/c1-30-22-12-8-18(9-13-22)15-27-25(29)14-20-17-28(24-5-3-2-4-23(20)24)16-19-6-10-21(26)11-7-19/h2-13,17H,14-16H2,1H3,(H,27,29). The molecule has 30 heavy (non-hydrogen) atoms. The van der Waals surface area contributed by atoms with Crippen LogP contribution in [-0.2, 0) is 24.3 Å². The van der Waals surface area contributed by atoms with Gasteiger partial charge in [0, 0.05) is 35.2 Å². The lowest BCUT2D eigenvalue weighted by atomic mass is 10.1. The van der Waals surface area contributed by atoms with Crippen molar-refractivity contribution in [3.8, 4) is 5.75 Å². The van der Waals surface area contributed by atoms with Crippen molar-refractivity contribution >= 4 is 28.4 Å². The first-order valence-electron chi connectivity index (χ1n) is 9.83. The van der Waals surface area contributed by atoms with Crippen LogP contribution in [0.1, 0.15) is 16.7 Å². The summed E-state index contributed by atoms with van der Waals surface area (Å²) in [4.78, 5) is 12.6. The van der Waals surface area contributed by atoms with Gasteiger partial charge in [-0.15, -0.1) is 0 Å². The molecule has 152 valence electrons. The van der Waals surface area contributed by atoms with Crippen LogP contribution in [0.5, 0.6) is 5.75 Å². The fourth-order valence-electron chi connectivity index (χ4n) is 3.56. The normalized spacial score (nSPS) is 10.9. The number of para-hydroxylation sites is 1. The Morgan fingerprint density at radius 3 is 2.40 bits per heavy atom. The lowest BCUT2D eigenvalue weighted by Gasteiger charge is -2.06. The van der Waals surface area contributed by atoms with E-state index in [2.05, 4.69) is 28.2 Å². The molecule has 4 nitrogen and oxygen atoms in total. The number of hydrogen-bond donors (Lipinski definition) is 1. The van der Waals surface area contributed by atoms with Crippen molar-refractivity contribution in [1.29, 1.82) is 0 Å². The van der Waals surface area contributed by atoms with Crippen molar-refractivity contribution in [3.05, 3.63) is 101 Å². The van der Waals surface area contributed by atoms with Crippen LogP contribution >= 0.6 is 11.6 Å². The molecule has 5 heteroatoms. The Morgan fingerprint density at radius 1 is 0.967 bits per heavy atom. The van der Waals surface area contributed by atoms with Crippen LogP contribution in [0.15, 0.2) is 79.0 Å². The highest BCUT2D eigenvalue weighted by atomic mass is 35.5. The summed E-state index contributed by atoms with van der Waals surface area (Å²) in [6, 6.07) is 23.7. The summed E-state index contributed by atoms with van der Waals surface area (Å²) in [7, 11) is 1.64. The van der Waals surface area contributed by atoms with Crippen molar-refractivity contribution in [2.75, 3.05) is 7.11 Å². The first kappa shape index (κ1) is 20.0. The van der Waals surface area contributed by atoms with E-state index in [1.165, 1.54) is 0 Å². The third kappa shape index (κ3) is 4.66. The predicted octanol–water partition coefficient (Wildman–Crippen LogP) is 5.21. The first-order valence-corrected chi connectivity index (χ1v) is 10.2. The average Bonchev–Trinajstić information content (AvgIpc) is 3.11. The zero-order valence-corrected chi connectivity index (χ0v) is 17.5. The maximum atomic E-state index is 12.6. The summed E-state index contributed by atoms with van der Waals surface area (Å²) >= 11 is 6.00. The molecule has 0 bridgehead atoms. The molecule has 0 saturated heterocycles. The zero-order valence-electron chi connectivity index (χ0n) is 16.8. The van der Waals surface area contributed by atoms with Gasteiger partial charge in [0.05, 0.1) is 13.5 Å². The Bertz CT molecular complexity index is 1150. The molecule has 4 rings (SSSR count). The number of aromatic nitrogens is 1. The molecule has 1 N–H and O–H groups in total. The first-order chi connectivity index (χ1) is 14.6. The largest absolute Gasteiger partial charge is 0.497 e. The molecule has 0 aliphatic carbocycles. The lowest BCUT2D eigenvalue weighted by molar-refractivity contribution is -0.120. The van der Waals surface area contributed by atoms with Crippen LogP contribution in [0, 0.1) is 0 Å². The predicted molar refractivity (Wildman–Crippen MR) is 121 cm³/mol. The fourth-order valence-corrected chi connectivity index (χ4v) is 3.69. The number of benzene rings is 3. The number of carbonyl (C=O) groups is 1. The van der Waals surface area contributed by atoms with Crippen LogP contribution in [0.3, 0.4) is 0 Å². The smallest absolute Gasteiger partial charge is 0.224 e. The van der Waals surface area contributed by atoms with Gasteiger partial charge in [0.2, 0.25) is 5.91 Å². The molecule has 3 aromatic carbocycles. The van der Waals surface area contributed by atoms with E-state index in [-0.39, 0.29) is 5.91 Å². The number of amides is 1. The zero-order chi connectivity index (χ0) is 20.9. The van der Waals surface area contributed by atoms with Crippen molar-refractivity contribution < 1.29 is 9.53 Å². The SMILES string of the molecule is COc1ccc(CNC(=O)Cc2cn(Cc3ccc(Cl)cc3)c3ccccc23)cc1. The Labute approximate surface area is 181 Å². The Hall–Kier alpha value is -3.24. The number of ether oxygens (including phenoxy) is 1. The highest BCUT2D eigenvalue weighted by Crippen LogP contribution is 2.23. The third-order valence-electron chi connectivity index (χ3n) is 5.14. The van der Waals surface area contributed by atoms with Gasteiger partial charge in [-0.1, -0.05) is 54.1 Å². The molecule has 0 spiro atoms. The minimum Gasteiger partial charge on any atom is -0.497 e. The number of fused-ring (bicyclic) bond motifs is 1. The number of hydrogen-bond acceptors (Lipinski definition) is 2. The number of rotatable bonds is 7. The van der Waals surface area contributed by atoms with Gasteiger partial charge in [-0.25, -0.2) is 0 Å². The molecule has 0 atom stereocenters. The van der Waals surface area contributed by atoms with Gasteiger partial charge < -0.3 is 14.6 Å². The van der Waals surface area contributed by atoms with E-state index in [1.807, 2.05) is 60.7 Å². The lowest BCUT2D eigenvalue weighted by Crippen LogP contribution is -2.24. The van der Waals surface area contributed by atoms with E-state index in [9.17, 15) is 4.79 Å². The van der Waals surface area contributed by atoms with Crippen LogP contribution < -0.4 is 10.1 Å². The quantitative estimate of drug-likeness (QED) is 0.447. The molecule has 1 amide bonds. The van der Waals surface area contributed by atoms with Crippen LogP contribution in [0.2, 0.25) is 5.02 Å². The van der Waals surface area contributed by atoms with Crippen molar-refractivity contribution in [2.24, 2.45) is 0 Å². The summed E-state index contributed by atoms with van der Waals surface area (Å²) in [5.74, 6) is 0.804. The van der Waals surface area contributed by atoms with Gasteiger partial charge in [-0.2, -0.15) is 0 Å². The molecule has 0 aliphatic rings. The summed E-state index contributed by atoms with van der Waals surface area (Å²) < 4.78 is 7.35. The number of methoxy groups -OCH3 is 1. The topological polar surface area (TPSA) is 43.3 Å². The molecule has 0 radical (unpaired) electrons. The van der Waals surface area contributed by atoms with Gasteiger partial charge in [0.1, 0.15) is 5.75 Å². The van der Waals surface area contributed by atoms with Gasteiger partial charge in [0.25, 0.3) is 0 Å². The van der Waals surface area contributed by atoms with E-state index in [4.69, 9.17) is 16.3 Å². The van der Waals surface area contributed by atoms with Gasteiger partial charge in [0.15, 0.2) is 0 Å². The van der Waals surface area contributed by atoms with Crippen molar-refractivity contribution in [3.63, 3.8) is 0 Å². The second-order valence-electron chi connectivity index (χ2n) is 7.23. The highest BCUT2D eigenvalue weighted by molar-refractivity contribution is 6.30. The monoisotopic (exact) mass is 418 g/mol. The molecule has 0 aliphatic heterocycles. The Kier molecular flexibility index (Phi) is 6.05. The maximum Gasteiger partial charge on any atom is 0.224 e. The van der Waals surface area contributed by atoms with E-state index >= 15 is 0 Å². The van der Waals surface area contributed by atoms with Crippen molar-refractivity contribution in [2.45, 2.75) is 19.5 Å². The molecule has 0 unspecified atom stereocenters. The number of halogens is 1. The maximum absolute atomic E-state index is 12.6. The van der Waals surface area contributed by atoms with Crippen LogP contribution in [0.25, 0.3) is 10.9 Å². The molecule has 1 heterocycles. The van der Waals surface area contributed by atoms with Crippen LogP contribution in [-0.4, -0.2) is 17.6 Å². The summed E-state index contributed by atoms with van der Waals surface area (Å²) in [5, 5.41) is 4.84. The molecule has 4 aromatic rings. The second-order valence-corrected chi connectivity index (χ2v) is 7.66. The van der Waals surface area contributed by atoms with Gasteiger partial charge in [-0.3, -0.25) is 4.79 Å². The Balaban J connectivity index is 1.47. The molecule has 0 saturated carbocycles. The number of carbonyl (C=O) groups excluding carboxylic acids is 1. The van der Waals surface area contributed by atoms with Gasteiger partial charge >= 0.3 is 0 Å². The molecule has 0 fully saturated rings. The second kappa shape index (κ2) is 9.06. The van der Waals surface area contributed by atoms with Crippen LogP contribution in [0.4, 0.5) is 0 Å². The van der Waals surface area contributed by atoms with E-state index < -0.39 is 0 Å². The van der Waals surface area contributed by atoms with E-state index in [0.29, 0.717) is 13.0 Å². The van der Waals surface area contributed by atoms with Gasteiger partial charge in [-0.05, 0) is 47.0 Å². The third-order valence-corrected chi connectivity index (χ3v) is 5.39. The summed E-state index contributed by atoms with van der Waals surface area (Å²) in [5.41, 5.74) is 4.34. The highest BCUT2D eigenvalue weighted by Gasteiger charge is 2.12. The average molecular weight is 419 g/mol. The van der Waals surface area contributed by atoms with Crippen molar-refractivity contribution in [1.82, 2.24) is 9.88 Å². The molecular formula is C25H23ClN2O2. The Morgan fingerprint density at radius 2 is 1.67 bits per heavy atom.